The van der Waals surface area contributed by atoms with Crippen LogP contribution >= 0.6 is 15.9 Å². The van der Waals surface area contributed by atoms with E-state index in [1.54, 1.807) is 16.8 Å². The third-order valence-electron chi connectivity index (χ3n) is 3.51. The molecule has 0 amide bonds. The molecule has 0 unspecified atom stereocenters. The van der Waals surface area contributed by atoms with Crippen molar-refractivity contribution in [2.45, 2.75) is 26.7 Å². The molecular formula is C15H16BrFN2O. The van der Waals surface area contributed by atoms with Crippen LogP contribution in [0.2, 0.25) is 0 Å². The van der Waals surface area contributed by atoms with Gasteiger partial charge >= 0.3 is 0 Å². The standard InChI is InChI=1S/C15H16BrFN2O/c1-9-11(10(2)19(3)18-9)7-8-14(20)12-5-4-6-13(16)15(12)17/h4-6H,7-8H2,1-3H3. The molecule has 1 aromatic carbocycles. The summed E-state index contributed by atoms with van der Waals surface area (Å²) in [6, 6.07) is 4.77. The van der Waals surface area contributed by atoms with E-state index in [-0.39, 0.29) is 17.8 Å². The number of ketones is 1. The number of aromatic nitrogens is 2. The highest BCUT2D eigenvalue weighted by Gasteiger charge is 2.16. The van der Waals surface area contributed by atoms with Gasteiger partial charge < -0.3 is 0 Å². The predicted molar refractivity (Wildman–Crippen MR) is 79.4 cm³/mol. The molecule has 0 spiro atoms. The molecule has 0 N–H and O–H groups in total. The fraction of sp³-hybridized carbons (Fsp3) is 0.333. The van der Waals surface area contributed by atoms with E-state index in [9.17, 15) is 9.18 Å². The lowest BCUT2D eigenvalue weighted by Crippen LogP contribution is -2.05. The van der Waals surface area contributed by atoms with Gasteiger partial charge in [-0.25, -0.2) is 4.39 Å². The fourth-order valence-electron chi connectivity index (χ4n) is 2.27. The predicted octanol–water partition coefficient (Wildman–Crippen LogP) is 3.75. The molecular weight excluding hydrogens is 323 g/mol. The van der Waals surface area contributed by atoms with Gasteiger partial charge in [0.1, 0.15) is 5.82 Å². The second kappa shape index (κ2) is 5.87. The van der Waals surface area contributed by atoms with E-state index in [1.165, 1.54) is 6.07 Å². The zero-order valence-corrected chi connectivity index (χ0v) is 13.3. The van der Waals surface area contributed by atoms with Gasteiger partial charge in [-0.3, -0.25) is 9.48 Å². The van der Waals surface area contributed by atoms with Crippen molar-refractivity contribution >= 4 is 21.7 Å². The average molecular weight is 339 g/mol. The molecule has 0 bridgehead atoms. The van der Waals surface area contributed by atoms with Crippen LogP contribution in [0.3, 0.4) is 0 Å². The molecule has 2 rings (SSSR count). The van der Waals surface area contributed by atoms with Gasteiger partial charge in [0, 0.05) is 19.2 Å². The smallest absolute Gasteiger partial charge is 0.166 e. The highest BCUT2D eigenvalue weighted by atomic mass is 79.9. The number of nitrogens with zero attached hydrogens (tertiary/aromatic N) is 2. The Morgan fingerprint density at radius 2 is 2.10 bits per heavy atom. The highest BCUT2D eigenvalue weighted by molar-refractivity contribution is 9.10. The number of aryl methyl sites for hydroxylation is 2. The first kappa shape index (κ1) is 14.9. The topological polar surface area (TPSA) is 34.9 Å². The summed E-state index contributed by atoms with van der Waals surface area (Å²) in [6.45, 7) is 3.89. The quantitative estimate of drug-likeness (QED) is 0.795. The number of hydrogen-bond donors (Lipinski definition) is 0. The number of Topliss-reactive ketones (excluding diaryl/α,β-unsaturated/α-hetero) is 1. The molecule has 0 aliphatic heterocycles. The van der Waals surface area contributed by atoms with Crippen molar-refractivity contribution in [2.75, 3.05) is 0 Å². The van der Waals surface area contributed by atoms with Gasteiger partial charge in [-0.1, -0.05) is 6.07 Å². The van der Waals surface area contributed by atoms with Crippen LogP contribution in [0.1, 0.15) is 33.7 Å². The van der Waals surface area contributed by atoms with Gasteiger partial charge in [0.25, 0.3) is 0 Å². The Labute approximate surface area is 125 Å². The lowest BCUT2D eigenvalue weighted by atomic mass is 10.0. The Balaban J connectivity index is 2.15. The van der Waals surface area contributed by atoms with Crippen molar-refractivity contribution in [1.82, 2.24) is 9.78 Å². The summed E-state index contributed by atoms with van der Waals surface area (Å²) >= 11 is 3.10. The molecule has 1 aromatic heterocycles. The molecule has 0 aliphatic rings. The first-order valence-corrected chi connectivity index (χ1v) is 7.17. The van der Waals surface area contributed by atoms with Gasteiger partial charge in [0.05, 0.1) is 15.7 Å². The van der Waals surface area contributed by atoms with E-state index in [0.717, 1.165) is 17.0 Å². The lowest BCUT2D eigenvalue weighted by molar-refractivity contribution is 0.0978. The van der Waals surface area contributed by atoms with E-state index in [2.05, 4.69) is 21.0 Å². The summed E-state index contributed by atoms with van der Waals surface area (Å²) in [4.78, 5) is 12.1. The third-order valence-corrected chi connectivity index (χ3v) is 4.13. The van der Waals surface area contributed by atoms with Crippen LogP contribution in [0.4, 0.5) is 4.39 Å². The summed E-state index contributed by atoms with van der Waals surface area (Å²) < 4.78 is 16.0. The normalized spacial score (nSPS) is 10.8. The van der Waals surface area contributed by atoms with Gasteiger partial charge in [-0.15, -0.1) is 0 Å². The number of benzene rings is 1. The molecule has 1 heterocycles. The van der Waals surface area contributed by atoms with Crippen molar-refractivity contribution in [3.8, 4) is 0 Å². The zero-order valence-electron chi connectivity index (χ0n) is 11.7. The van der Waals surface area contributed by atoms with Crippen LogP contribution in [0.25, 0.3) is 0 Å². The Kier molecular flexibility index (Phi) is 4.38. The van der Waals surface area contributed by atoms with E-state index >= 15 is 0 Å². The van der Waals surface area contributed by atoms with Gasteiger partial charge in [0.2, 0.25) is 0 Å². The Hall–Kier alpha value is -1.49. The molecule has 0 fully saturated rings. The minimum absolute atomic E-state index is 0.138. The Morgan fingerprint density at radius 3 is 2.70 bits per heavy atom. The largest absolute Gasteiger partial charge is 0.294 e. The number of rotatable bonds is 4. The van der Waals surface area contributed by atoms with Crippen molar-refractivity contribution in [3.63, 3.8) is 0 Å². The second-order valence-electron chi connectivity index (χ2n) is 4.80. The molecule has 5 heteroatoms. The molecule has 0 saturated carbocycles. The molecule has 0 radical (unpaired) electrons. The molecule has 3 nitrogen and oxygen atoms in total. The third kappa shape index (κ3) is 2.82. The molecule has 106 valence electrons. The monoisotopic (exact) mass is 338 g/mol. The summed E-state index contributed by atoms with van der Waals surface area (Å²) in [7, 11) is 1.88. The summed E-state index contributed by atoms with van der Waals surface area (Å²) in [5.74, 6) is -0.677. The van der Waals surface area contributed by atoms with Crippen LogP contribution in [0, 0.1) is 19.7 Å². The van der Waals surface area contributed by atoms with Crippen LogP contribution in [0.15, 0.2) is 22.7 Å². The number of hydrogen-bond acceptors (Lipinski definition) is 2. The van der Waals surface area contributed by atoms with Crippen molar-refractivity contribution in [2.24, 2.45) is 7.05 Å². The van der Waals surface area contributed by atoms with Crippen molar-refractivity contribution in [3.05, 3.63) is 51.0 Å². The molecule has 0 atom stereocenters. The van der Waals surface area contributed by atoms with E-state index < -0.39 is 5.82 Å². The first-order chi connectivity index (χ1) is 9.41. The molecule has 0 saturated heterocycles. The van der Waals surface area contributed by atoms with Crippen LogP contribution in [-0.2, 0) is 13.5 Å². The summed E-state index contributed by atoms with van der Waals surface area (Å²) in [5.41, 5.74) is 3.17. The zero-order chi connectivity index (χ0) is 14.9. The van der Waals surface area contributed by atoms with E-state index in [1.807, 2.05) is 20.9 Å². The lowest BCUT2D eigenvalue weighted by Gasteiger charge is -2.05. The molecule has 0 aliphatic carbocycles. The second-order valence-corrected chi connectivity index (χ2v) is 5.65. The number of carbonyl (C=O) groups is 1. The van der Waals surface area contributed by atoms with Gasteiger partial charge in [-0.2, -0.15) is 5.10 Å². The Bertz CT molecular complexity index is 664. The van der Waals surface area contributed by atoms with Gasteiger partial charge in [-0.05, 0) is 53.9 Å². The van der Waals surface area contributed by atoms with Crippen LogP contribution < -0.4 is 0 Å². The Morgan fingerprint density at radius 1 is 1.40 bits per heavy atom. The number of halogens is 2. The summed E-state index contributed by atoms with van der Waals surface area (Å²) in [5, 5.41) is 4.32. The minimum atomic E-state index is -0.489. The maximum atomic E-state index is 13.9. The highest BCUT2D eigenvalue weighted by Crippen LogP contribution is 2.21. The number of carbonyl (C=O) groups excluding carboxylic acids is 1. The average Bonchev–Trinajstić information content (AvgIpc) is 2.64. The minimum Gasteiger partial charge on any atom is -0.294 e. The fourth-order valence-corrected chi connectivity index (χ4v) is 2.64. The van der Waals surface area contributed by atoms with Crippen molar-refractivity contribution < 1.29 is 9.18 Å². The maximum absolute atomic E-state index is 13.9. The maximum Gasteiger partial charge on any atom is 0.166 e. The summed E-state index contributed by atoms with van der Waals surface area (Å²) in [6.07, 6.45) is 0.858. The molecule has 2 aromatic rings. The van der Waals surface area contributed by atoms with Crippen molar-refractivity contribution in [1.29, 1.82) is 0 Å². The van der Waals surface area contributed by atoms with Crippen LogP contribution in [0.5, 0.6) is 0 Å². The SMILES string of the molecule is Cc1nn(C)c(C)c1CCC(=O)c1cccc(Br)c1F. The molecule has 20 heavy (non-hydrogen) atoms. The first-order valence-electron chi connectivity index (χ1n) is 6.38. The van der Waals surface area contributed by atoms with E-state index in [4.69, 9.17) is 0 Å². The van der Waals surface area contributed by atoms with Gasteiger partial charge in [0.15, 0.2) is 5.78 Å². The van der Waals surface area contributed by atoms with Crippen LogP contribution in [-0.4, -0.2) is 15.6 Å². The van der Waals surface area contributed by atoms with E-state index in [0.29, 0.717) is 10.9 Å².